The molecule has 2 amide bonds. The maximum atomic E-state index is 12.9. The summed E-state index contributed by atoms with van der Waals surface area (Å²) in [5.74, 6) is -0.363. The fourth-order valence-electron chi connectivity index (χ4n) is 2.91. The molecule has 0 aliphatic carbocycles. The third kappa shape index (κ3) is 5.55. The predicted octanol–water partition coefficient (Wildman–Crippen LogP) is 2.21. The number of benzene rings is 1. The van der Waals surface area contributed by atoms with E-state index >= 15 is 0 Å². The number of carbonyl (C=O) groups is 2. The average molecular weight is 394 g/mol. The van der Waals surface area contributed by atoms with Crippen molar-refractivity contribution in [2.45, 2.75) is 26.8 Å². The summed E-state index contributed by atoms with van der Waals surface area (Å²) in [4.78, 5) is 26.9. The van der Waals surface area contributed by atoms with E-state index in [-0.39, 0.29) is 30.8 Å². The molecule has 27 heavy (non-hydrogen) atoms. The van der Waals surface area contributed by atoms with Crippen LogP contribution in [-0.2, 0) is 16.6 Å². The van der Waals surface area contributed by atoms with Crippen LogP contribution in [-0.4, -0.2) is 46.6 Å². The third-order valence-electron chi connectivity index (χ3n) is 4.37. The van der Waals surface area contributed by atoms with Crippen LogP contribution in [0.3, 0.4) is 0 Å². The third-order valence-corrected chi connectivity index (χ3v) is 4.37. The van der Waals surface area contributed by atoms with Gasteiger partial charge in [0.15, 0.2) is 0 Å². The van der Waals surface area contributed by atoms with E-state index in [2.05, 4.69) is 15.7 Å². The minimum atomic E-state index is -0.531. The lowest BCUT2D eigenvalue weighted by Gasteiger charge is -2.25. The standard InChI is InChI=1S/C19H27N5O2.ClH/c1-6-24(19(26)18(20-4)15-10-21-23(5)11-15)12-16(25)22-17-13(2)8-7-9-14(17)3;/h7-11,18,20H,6,12H2,1-5H3,(H,22,25);1H. The minimum Gasteiger partial charge on any atom is -0.332 e. The van der Waals surface area contributed by atoms with Gasteiger partial charge in [-0.2, -0.15) is 5.10 Å². The van der Waals surface area contributed by atoms with Gasteiger partial charge in [0.2, 0.25) is 11.8 Å². The summed E-state index contributed by atoms with van der Waals surface area (Å²) in [6.07, 6.45) is 3.45. The van der Waals surface area contributed by atoms with Crippen LogP contribution in [0.2, 0.25) is 0 Å². The molecule has 0 aliphatic rings. The van der Waals surface area contributed by atoms with Crippen LogP contribution in [0.1, 0.15) is 29.7 Å². The Kier molecular flexibility index (Phi) is 8.46. The van der Waals surface area contributed by atoms with Gasteiger partial charge in [0.1, 0.15) is 6.04 Å². The van der Waals surface area contributed by atoms with Crippen molar-refractivity contribution >= 4 is 29.9 Å². The maximum absolute atomic E-state index is 12.9. The highest BCUT2D eigenvalue weighted by molar-refractivity contribution is 5.96. The molecule has 0 spiro atoms. The summed E-state index contributed by atoms with van der Waals surface area (Å²) in [7, 11) is 3.52. The van der Waals surface area contributed by atoms with Crippen LogP contribution in [0, 0.1) is 13.8 Å². The number of anilines is 1. The average Bonchev–Trinajstić information content (AvgIpc) is 3.02. The van der Waals surface area contributed by atoms with E-state index in [1.165, 1.54) is 4.90 Å². The van der Waals surface area contributed by atoms with Crippen LogP contribution < -0.4 is 10.6 Å². The number of nitrogens with zero attached hydrogens (tertiary/aromatic N) is 3. The number of carbonyl (C=O) groups excluding carboxylic acids is 2. The van der Waals surface area contributed by atoms with Crippen LogP contribution in [0.5, 0.6) is 0 Å². The van der Waals surface area contributed by atoms with Gasteiger partial charge >= 0.3 is 0 Å². The van der Waals surface area contributed by atoms with Crippen molar-refractivity contribution in [1.82, 2.24) is 20.0 Å². The second-order valence-electron chi connectivity index (χ2n) is 6.34. The zero-order chi connectivity index (χ0) is 19.3. The zero-order valence-corrected chi connectivity index (χ0v) is 17.3. The van der Waals surface area contributed by atoms with E-state index in [4.69, 9.17) is 0 Å². The first-order valence-corrected chi connectivity index (χ1v) is 8.68. The molecule has 0 saturated carbocycles. The Balaban J connectivity index is 0.00000364. The van der Waals surface area contributed by atoms with Gasteiger partial charge in [-0.1, -0.05) is 18.2 Å². The molecule has 1 atom stereocenters. The first kappa shape index (κ1) is 22.7. The van der Waals surface area contributed by atoms with Gasteiger partial charge in [0, 0.05) is 31.0 Å². The first-order valence-electron chi connectivity index (χ1n) is 8.68. The van der Waals surface area contributed by atoms with Crippen LogP contribution in [0.15, 0.2) is 30.6 Å². The lowest BCUT2D eigenvalue weighted by Crippen LogP contribution is -2.43. The zero-order valence-electron chi connectivity index (χ0n) is 16.4. The minimum absolute atomic E-state index is 0. The lowest BCUT2D eigenvalue weighted by atomic mass is 10.1. The normalized spacial score (nSPS) is 11.4. The monoisotopic (exact) mass is 393 g/mol. The van der Waals surface area contributed by atoms with Gasteiger partial charge in [0.25, 0.3) is 0 Å². The number of amides is 2. The summed E-state index contributed by atoms with van der Waals surface area (Å²) >= 11 is 0. The van der Waals surface area contributed by atoms with Crippen LogP contribution >= 0.6 is 12.4 Å². The Bertz CT molecular complexity index is 770. The number of likely N-dealkylation sites (N-methyl/N-ethyl adjacent to an activating group) is 2. The molecule has 0 saturated heterocycles. The molecule has 2 rings (SSSR count). The maximum Gasteiger partial charge on any atom is 0.244 e. The number of halogens is 1. The molecule has 7 nitrogen and oxygen atoms in total. The molecule has 1 heterocycles. The van der Waals surface area contributed by atoms with E-state index in [0.29, 0.717) is 6.54 Å². The van der Waals surface area contributed by atoms with Crippen molar-refractivity contribution in [3.63, 3.8) is 0 Å². The van der Waals surface area contributed by atoms with E-state index in [1.807, 2.05) is 39.0 Å². The number of hydrogen-bond donors (Lipinski definition) is 2. The first-order chi connectivity index (χ1) is 12.4. The predicted molar refractivity (Wildman–Crippen MR) is 109 cm³/mol. The van der Waals surface area contributed by atoms with Crippen LogP contribution in [0.4, 0.5) is 5.69 Å². The van der Waals surface area contributed by atoms with Gasteiger partial charge in [-0.3, -0.25) is 14.3 Å². The molecule has 0 fully saturated rings. The molecule has 8 heteroatoms. The Morgan fingerprint density at radius 2 is 1.89 bits per heavy atom. The number of rotatable bonds is 7. The molecule has 1 unspecified atom stereocenters. The summed E-state index contributed by atoms with van der Waals surface area (Å²) in [6.45, 7) is 6.20. The summed E-state index contributed by atoms with van der Waals surface area (Å²) in [6, 6.07) is 5.32. The molecule has 0 aliphatic heterocycles. The molecule has 0 radical (unpaired) electrons. The van der Waals surface area contributed by atoms with Crippen molar-refractivity contribution < 1.29 is 9.59 Å². The van der Waals surface area contributed by atoms with E-state index in [0.717, 1.165) is 22.4 Å². The molecular formula is C19H28ClN5O2. The smallest absolute Gasteiger partial charge is 0.244 e. The fourth-order valence-corrected chi connectivity index (χ4v) is 2.91. The topological polar surface area (TPSA) is 79.3 Å². The highest BCUT2D eigenvalue weighted by Crippen LogP contribution is 2.20. The lowest BCUT2D eigenvalue weighted by molar-refractivity contribution is -0.136. The Hall–Kier alpha value is -2.38. The van der Waals surface area contributed by atoms with Crippen molar-refractivity contribution in [2.24, 2.45) is 7.05 Å². The Morgan fingerprint density at radius 1 is 1.26 bits per heavy atom. The summed E-state index contributed by atoms with van der Waals surface area (Å²) < 4.78 is 1.65. The number of aromatic nitrogens is 2. The van der Waals surface area contributed by atoms with Gasteiger partial charge in [0.05, 0.1) is 12.7 Å². The van der Waals surface area contributed by atoms with Crippen molar-refractivity contribution in [3.05, 3.63) is 47.3 Å². The molecule has 0 bridgehead atoms. The molecule has 148 valence electrons. The molecule has 2 N–H and O–H groups in total. The quantitative estimate of drug-likeness (QED) is 0.755. The largest absolute Gasteiger partial charge is 0.332 e. The number of aryl methyl sites for hydroxylation is 3. The van der Waals surface area contributed by atoms with E-state index in [9.17, 15) is 9.59 Å². The second-order valence-corrected chi connectivity index (χ2v) is 6.34. The van der Waals surface area contributed by atoms with Gasteiger partial charge in [-0.25, -0.2) is 0 Å². The van der Waals surface area contributed by atoms with Crippen molar-refractivity contribution in [3.8, 4) is 0 Å². The fraction of sp³-hybridized carbons (Fsp3) is 0.421. The number of para-hydroxylation sites is 1. The van der Waals surface area contributed by atoms with Crippen LogP contribution in [0.25, 0.3) is 0 Å². The van der Waals surface area contributed by atoms with Crippen molar-refractivity contribution in [1.29, 1.82) is 0 Å². The second kappa shape index (κ2) is 10.1. The van der Waals surface area contributed by atoms with Gasteiger partial charge < -0.3 is 15.5 Å². The highest BCUT2D eigenvalue weighted by atomic mass is 35.5. The summed E-state index contributed by atoms with van der Waals surface area (Å²) in [5.41, 5.74) is 3.57. The molecular weight excluding hydrogens is 366 g/mol. The van der Waals surface area contributed by atoms with E-state index in [1.54, 1.807) is 31.2 Å². The van der Waals surface area contributed by atoms with Gasteiger partial charge in [-0.15, -0.1) is 12.4 Å². The van der Waals surface area contributed by atoms with Gasteiger partial charge in [-0.05, 0) is 38.9 Å². The highest BCUT2D eigenvalue weighted by Gasteiger charge is 2.26. The molecule has 2 aromatic rings. The Labute approximate surface area is 166 Å². The van der Waals surface area contributed by atoms with Crippen molar-refractivity contribution in [2.75, 3.05) is 25.5 Å². The molecule has 1 aromatic heterocycles. The summed E-state index contributed by atoms with van der Waals surface area (Å²) in [5, 5.41) is 10.1. The van der Waals surface area contributed by atoms with E-state index < -0.39 is 6.04 Å². The number of nitrogens with one attached hydrogen (secondary N) is 2. The SMILES string of the molecule is CCN(CC(=O)Nc1c(C)cccc1C)C(=O)C(NC)c1cnn(C)c1.Cl. The number of hydrogen-bond acceptors (Lipinski definition) is 4. The molecule has 1 aromatic carbocycles. The Morgan fingerprint density at radius 3 is 2.37 bits per heavy atom.